The molecule has 0 N–H and O–H groups in total. The maximum atomic E-state index is 9.97. The SMILES string of the molecule is [2H]c1c([2H])c([2H])c2c(c1[2H])c1c([2H])c([2H])c([2H])c([2H])c1n2-c1ccc2c(c1)N(c1c(-c3ccccc3)cccc1-c1ccccc1)c1cc(-c3cc(C(C)(C)C)cc(C(C)(C)C)c3)cc3c1B2c1ccc(-n2c4c([2H])c([2H])c([2H])c([2H])c4c4c([2H])c([2H])c([2H])c([2H])c42)cc1N3c1c(-c2ccccc2)cc(C(C)(C)C)cc1-c1cccc(C(C)(C)C)n1. The van der Waals surface area contributed by atoms with Crippen molar-refractivity contribution < 1.29 is 21.9 Å². The van der Waals surface area contributed by atoms with Crippen molar-refractivity contribution in [3.05, 3.63) is 325 Å². The summed E-state index contributed by atoms with van der Waals surface area (Å²) in [4.78, 5) is 10.4. The van der Waals surface area contributed by atoms with Crippen LogP contribution >= 0.6 is 0 Å². The van der Waals surface area contributed by atoms with Gasteiger partial charge in [-0.15, -0.1) is 0 Å². The lowest BCUT2D eigenvalue weighted by atomic mass is 9.33. The van der Waals surface area contributed by atoms with Gasteiger partial charge in [0.25, 0.3) is 6.71 Å². The fraction of sp³-hybridized carbons (Fsp3) is 0.162. The molecule has 0 atom stereocenters. The van der Waals surface area contributed by atoms with Gasteiger partial charge in [0.2, 0.25) is 0 Å². The van der Waals surface area contributed by atoms with E-state index in [9.17, 15) is 16.4 Å². The molecule has 16 aromatic rings. The summed E-state index contributed by atoms with van der Waals surface area (Å²) in [5, 5.41) is -0.316. The summed E-state index contributed by atoms with van der Waals surface area (Å²) >= 11 is 0. The standard InChI is InChI=1S/C99H86BN5/c1-96(2,3)68-54-66(55-69(58-68)97(4,5)6)67-56-90-93-91(57-67)105(95-79(65-36-20-15-21-37-65)59-70(98(7,8)9)60-80(95)83-44-31-49-92(101-83)99(10,11)12)89-62-72(103-86-47-28-24-40-77(86)78-41-25-29-48-87(78)103)51-53-82(89)100(93)81-52-50-71(102-84-45-26-22-38-75(84)76-39-23-27-46-85(76)102)61-88(81)104(90)94-73(63-32-16-13-17-33-63)42-30-43-74(94)64-34-18-14-19-35-64/h13-62H,1-12H3/i22D,23D,24D,25D,26D,27D,28D,29D,38D,39D,40D,41D,45D,46D,47D,48D. The maximum absolute atomic E-state index is 9.97. The second-order valence-electron chi connectivity index (χ2n) is 32.0. The average molecular weight is 1370 g/mol. The van der Waals surface area contributed by atoms with Gasteiger partial charge in [-0.2, -0.15) is 0 Å². The zero-order valence-electron chi connectivity index (χ0n) is 76.9. The minimum absolute atomic E-state index is 0.0562. The van der Waals surface area contributed by atoms with Crippen LogP contribution in [0, 0.1) is 0 Å². The minimum atomic E-state index is -0.810. The van der Waals surface area contributed by atoms with Crippen molar-refractivity contribution in [3.8, 4) is 67.1 Å². The Bertz CT molecular complexity index is 6910. The van der Waals surface area contributed by atoms with Crippen molar-refractivity contribution >= 4 is 101 Å². The van der Waals surface area contributed by atoms with Crippen molar-refractivity contribution in [2.24, 2.45) is 0 Å². The van der Waals surface area contributed by atoms with Crippen LogP contribution in [0.1, 0.15) is 127 Å². The normalized spacial score (nSPS) is 15.2. The van der Waals surface area contributed by atoms with Crippen LogP contribution in [0.2, 0.25) is 0 Å². The van der Waals surface area contributed by atoms with E-state index < -0.39 is 114 Å². The van der Waals surface area contributed by atoms with Gasteiger partial charge in [0.15, 0.2) is 0 Å². The summed E-state index contributed by atoms with van der Waals surface area (Å²) in [6.07, 6.45) is 0. The highest BCUT2D eigenvalue weighted by Crippen LogP contribution is 2.55. The number of benzene rings is 13. The Morgan fingerprint density at radius 2 is 0.676 bits per heavy atom. The molecule has 5 heterocycles. The van der Waals surface area contributed by atoms with Gasteiger partial charge < -0.3 is 18.9 Å². The first-order valence-corrected chi connectivity index (χ1v) is 36.0. The molecule has 510 valence electrons. The number of para-hydroxylation sites is 5. The van der Waals surface area contributed by atoms with Crippen LogP contribution in [0.4, 0.5) is 34.1 Å². The Balaban J connectivity index is 1.10. The van der Waals surface area contributed by atoms with Gasteiger partial charge in [-0.25, -0.2) is 0 Å². The summed E-state index contributed by atoms with van der Waals surface area (Å²) in [5.41, 5.74) is 17.2. The zero-order chi connectivity index (χ0) is 85.9. The highest BCUT2D eigenvalue weighted by atomic mass is 15.2. The third kappa shape index (κ3) is 10.9. The summed E-state index contributed by atoms with van der Waals surface area (Å²) in [6, 6.07) is 62.6. The van der Waals surface area contributed by atoms with Crippen LogP contribution in [-0.2, 0) is 21.7 Å². The highest BCUT2D eigenvalue weighted by Gasteiger charge is 2.46. The average Bonchev–Trinajstić information content (AvgIpc) is 1.55. The Kier molecular flexibility index (Phi) is 11.6. The molecule has 5 nitrogen and oxygen atoms in total. The fourth-order valence-corrected chi connectivity index (χ4v) is 15.7. The minimum Gasteiger partial charge on any atom is -0.310 e. The van der Waals surface area contributed by atoms with Gasteiger partial charge in [-0.1, -0.05) is 301 Å². The van der Waals surface area contributed by atoms with Crippen molar-refractivity contribution in [2.75, 3.05) is 9.80 Å². The molecule has 0 amide bonds. The largest absolute Gasteiger partial charge is 0.310 e. The molecule has 2 aliphatic heterocycles. The van der Waals surface area contributed by atoms with Gasteiger partial charge in [-0.3, -0.25) is 4.98 Å². The van der Waals surface area contributed by atoms with E-state index in [1.807, 2.05) is 91.0 Å². The molecular weight excluding hydrogens is 1270 g/mol. The van der Waals surface area contributed by atoms with Gasteiger partial charge in [-0.05, 0) is 162 Å². The van der Waals surface area contributed by atoms with Gasteiger partial charge >= 0.3 is 0 Å². The maximum Gasteiger partial charge on any atom is 0.252 e. The lowest BCUT2D eigenvalue weighted by Crippen LogP contribution is -2.61. The predicted octanol–water partition coefficient (Wildman–Crippen LogP) is 24.9. The van der Waals surface area contributed by atoms with Crippen LogP contribution in [0.5, 0.6) is 0 Å². The zero-order valence-corrected chi connectivity index (χ0v) is 60.9. The van der Waals surface area contributed by atoms with E-state index >= 15 is 0 Å². The van der Waals surface area contributed by atoms with E-state index in [1.165, 1.54) is 0 Å². The van der Waals surface area contributed by atoms with Crippen LogP contribution < -0.4 is 26.2 Å². The molecule has 0 spiro atoms. The van der Waals surface area contributed by atoms with Crippen molar-refractivity contribution in [1.29, 1.82) is 0 Å². The lowest BCUT2D eigenvalue weighted by molar-refractivity contribution is 0.569. The molecule has 6 heteroatoms. The number of nitrogens with zero attached hydrogens (tertiary/aromatic N) is 5. The molecule has 0 fully saturated rings. The fourth-order valence-electron chi connectivity index (χ4n) is 15.7. The summed E-state index contributed by atoms with van der Waals surface area (Å²) in [5.74, 6) is 0. The molecule has 0 saturated carbocycles. The third-order valence-corrected chi connectivity index (χ3v) is 21.1. The Morgan fingerprint density at radius 3 is 1.10 bits per heavy atom. The molecule has 2 aliphatic rings. The molecule has 0 unspecified atom stereocenters. The summed E-state index contributed by atoms with van der Waals surface area (Å²) in [7, 11) is 0. The van der Waals surface area contributed by atoms with Crippen molar-refractivity contribution in [2.45, 2.75) is 105 Å². The second-order valence-corrected chi connectivity index (χ2v) is 32.0. The molecule has 0 bridgehead atoms. The Morgan fingerprint density at radius 1 is 0.305 bits per heavy atom. The monoisotopic (exact) mass is 1370 g/mol. The molecule has 3 aromatic heterocycles. The molecule has 18 rings (SSSR count). The number of hydrogen-bond acceptors (Lipinski definition) is 3. The number of pyridine rings is 1. The van der Waals surface area contributed by atoms with Crippen molar-refractivity contribution in [3.63, 3.8) is 0 Å². The molecule has 13 aromatic carbocycles. The van der Waals surface area contributed by atoms with E-state index in [4.69, 9.17) is 10.5 Å². The first-order chi connectivity index (χ1) is 57.3. The van der Waals surface area contributed by atoms with E-state index in [-0.39, 0.29) is 54.4 Å². The predicted molar refractivity (Wildman–Crippen MR) is 449 cm³/mol. The van der Waals surface area contributed by atoms with E-state index in [0.29, 0.717) is 51.0 Å². The molecule has 0 saturated heterocycles. The van der Waals surface area contributed by atoms with Crippen LogP contribution in [0.3, 0.4) is 0 Å². The number of fused-ring (bicyclic) bond motifs is 10. The molecular formula is C99H86BN5. The Labute approximate surface area is 640 Å². The van der Waals surface area contributed by atoms with E-state index in [1.54, 1.807) is 9.13 Å². The quantitative estimate of drug-likeness (QED) is 0.135. The Hall–Kier alpha value is -11.7. The first-order valence-electron chi connectivity index (χ1n) is 44.0. The van der Waals surface area contributed by atoms with Gasteiger partial charge in [0, 0.05) is 89.0 Å². The van der Waals surface area contributed by atoms with Gasteiger partial charge in [0.1, 0.15) is 0 Å². The molecule has 105 heavy (non-hydrogen) atoms. The van der Waals surface area contributed by atoms with Crippen LogP contribution in [0.25, 0.3) is 111 Å². The number of aromatic nitrogens is 3. The van der Waals surface area contributed by atoms with Crippen LogP contribution in [-0.4, -0.2) is 20.8 Å². The topological polar surface area (TPSA) is 29.2 Å². The van der Waals surface area contributed by atoms with Gasteiger partial charge in [0.05, 0.1) is 61.1 Å². The van der Waals surface area contributed by atoms with E-state index in [0.717, 1.165) is 89.1 Å². The second kappa shape index (κ2) is 24.5. The number of rotatable bonds is 9. The third-order valence-electron chi connectivity index (χ3n) is 21.1. The highest BCUT2D eigenvalue weighted by molar-refractivity contribution is 7.00. The smallest absolute Gasteiger partial charge is 0.252 e. The van der Waals surface area contributed by atoms with E-state index in [2.05, 4.69) is 208 Å². The van der Waals surface area contributed by atoms with Crippen molar-refractivity contribution in [1.82, 2.24) is 14.1 Å². The number of anilines is 6. The van der Waals surface area contributed by atoms with Crippen LogP contribution in [0.15, 0.2) is 303 Å². The molecule has 0 aliphatic carbocycles. The molecule has 0 radical (unpaired) electrons. The first kappa shape index (κ1) is 49.8. The summed E-state index contributed by atoms with van der Waals surface area (Å²) in [6.45, 7) is 25.5. The number of hydrogen-bond donors (Lipinski definition) is 0. The summed E-state index contributed by atoms with van der Waals surface area (Å²) < 4.78 is 156. The lowest BCUT2D eigenvalue weighted by Gasteiger charge is -2.46.